The number of pyridine rings is 2. The summed E-state index contributed by atoms with van der Waals surface area (Å²) >= 11 is 6.43. The van der Waals surface area contributed by atoms with Gasteiger partial charge in [0, 0.05) is 29.6 Å². The minimum atomic E-state index is 0. The molecule has 4 aromatic rings. The zero-order valence-electron chi connectivity index (χ0n) is 15.3. The zero-order chi connectivity index (χ0) is 18.1. The Balaban J connectivity index is 0.00000140. The van der Waals surface area contributed by atoms with Crippen LogP contribution in [0.2, 0.25) is 5.15 Å². The van der Waals surface area contributed by atoms with E-state index in [2.05, 4.69) is 16.0 Å². The van der Waals surface area contributed by atoms with Gasteiger partial charge >= 0.3 is 0 Å². The molecule has 0 bridgehead atoms. The number of aromatic nitrogens is 2. The molecule has 0 saturated carbocycles. The maximum atomic E-state index is 6.43. The summed E-state index contributed by atoms with van der Waals surface area (Å²) in [7, 11) is 3.26. The highest BCUT2D eigenvalue weighted by Crippen LogP contribution is 2.34. The van der Waals surface area contributed by atoms with Crippen LogP contribution in [0, 0.1) is 0 Å². The van der Waals surface area contributed by atoms with E-state index in [0.717, 1.165) is 32.8 Å². The molecule has 7 heteroatoms. The Morgan fingerprint density at radius 3 is 2.32 bits per heavy atom. The third-order valence-corrected chi connectivity index (χ3v) is 4.80. The highest BCUT2D eigenvalue weighted by atomic mass is 35.5. The van der Waals surface area contributed by atoms with Crippen molar-refractivity contribution in [3.8, 4) is 11.5 Å². The average Bonchev–Trinajstić information content (AvgIpc) is 2.67. The lowest BCUT2D eigenvalue weighted by molar-refractivity contribution is 0.356. The Hall–Kier alpha value is -2.27. The fourth-order valence-electron chi connectivity index (χ4n) is 3.16. The van der Waals surface area contributed by atoms with Crippen molar-refractivity contribution in [1.82, 2.24) is 9.97 Å². The lowest BCUT2D eigenvalue weighted by atomic mass is 10.0. The van der Waals surface area contributed by atoms with E-state index in [0.29, 0.717) is 23.1 Å². The standard InChI is InChI=1S/C21H17ClN2O2.2ClH/c1-25-19-9-16-12-23-11-15(17(16)10-20(19)26-2)8-14-7-13-5-3-4-6-18(13)24-21(14)22;;/h3-7,9-12H,8H2,1-2H3;2*1H. The zero-order valence-corrected chi connectivity index (χ0v) is 17.7. The minimum absolute atomic E-state index is 0. The first kappa shape index (κ1) is 22.0. The Morgan fingerprint density at radius 1 is 0.857 bits per heavy atom. The average molecular weight is 438 g/mol. The third kappa shape index (κ3) is 4.09. The number of para-hydroxylation sites is 1. The summed E-state index contributed by atoms with van der Waals surface area (Å²) in [5, 5.41) is 3.63. The monoisotopic (exact) mass is 436 g/mol. The van der Waals surface area contributed by atoms with Crippen LogP contribution in [0.15, 0.2) is 54.9 Å². The Bertz CT molecular complexity index is 1120. The van der Waals surface area contributed by atoms with E-state index >= 15 is 0 Å². The largest absolute Gasteiger partial charge is 0.493 e. The van der Waals surface area contributed by atoms with E-state index in [-0.39, 0.29) is 24.8 Å². The molecule has 0 spiro atoms. The summed E-state index contributed by atoms with van der Waals surface area (Å²) in [6, 6.07) is 14.0. The summed E-state index contributed by atoms with van der Waals surface area (Å²) in [6.07, 6.45) is 4.32. The van der Waals surface area contributed by atoms with Gasteiger partial charge in [-0.1, -0.05) is 29.8 Å². The van der Waals surface area contributed by atoms with Crippen LogP contribution in [0.4, 0.5) is 0 Å². The second-order valence-corrected chi connectivity index (χ2v) is 6.39. The second kappa shape index (κ2) is 9.28. The number of hydrogen-bond acceptors (Lipinski definition) is 4. The molecule has 0 unspecified atom stereocenters. The van der Waals surface area contributed by atoms with Gasteiger partial charge in [0.25, 0.3) is 0 Å². The van der Waals surface area contributed by atoms with Gasteiger partial charge in [-0.15, -0.1) is 24.8 Å². The molecule has 28 heavy (non-hydrogen) atoms. The number of halogens is 3. The predicted molar refractivity (Wildman–Crippen MR) is 119 cm³/mol. The summed E-state index contributed by atoms with van der Waals surface area (Å²) < 4.78 is 10.8. The lowest BCUT2D eigenvalue weighted by Gasteiger charge is -2.12. The van der Waals surface area contributed by atoms with Gasteiger partial charge in [0.05, 0.1) is 19.7 Å². The Labute approximate surface area is 180 Å². The maximum absolute atomic E-state index is 6.43. The van der Waals surface area contributed by atoms with Crippen molar-refractivity contribution in [2.75, 3.05) is 14.2 Å². The van der Waals surface area contributed by atoms with E-state index in [9.17, 15) is 0 Å². The van der Waals surface area contributed by atoms with Gasteiger partial charge in [-0.3, -0.25) is 4.98 Å². The molecule has 0 aliphatic rings. The predicted octanol–water partition coefficient (Wildman–Crippen LogP) is 5.89. The molecule has 0 aliphatic carbocycles. The number of fused-ring (bicyclic) bond motifs is 2. The van der Waals surface area contributed by atoms with E-state index in [1.165, 1.54) is 0 Å². The number of benzene rings is 2. The number of nitrogens with zero attached hydrogens (tertiary/aromatic N) is 2. The van der Waals surface area contributed by atoms with Crippen molar-refractivity contribution < 1.29 is 9.47 Å². The minimum Gasteiger partial charge on any atom is -0.493 e. The van der Waals surface area contributed by atoms with Crippen LogP contribution >= 0.6 is 36.4 Å². The van der Waals surface area contributed by atoms with Gasteiger partial charge in [0.2, 0.25) is 0 Å². The maximum Gasteiger partial charge on any atom is 0.161 e. The van der Waals surface area contributed by atoms with E-state index in [1.54, 1.807) is 14.2 Å². The lowest BCUT2D eigenvalue weighted by Crippen LogP contribution is -1.96. The summed E-state index contributed by atoms with van der Waals surface area (Å²) in [5.74, 6) is 1.37. The normalized spacial score (nSPS) is 10.2. The molecule has 0 aliphatic heterocycles. The van der Waals surface area contributed by atoms with Crippen molar-refractivity contribution in [2.45, 2.75) is 6.42 Å². The molecule has 0 saturated heterocycles. The van der Waals surface area contributed by atoms with Crippen LogP contribution in [0.1, 0.15) is 11.1 Å². The van der Waals surface area contributed by atoms with Gasteiger partial charge < -0.3 is 9.47 Å². The number of rotatable bonds is 4. The van der Waals surface area contributed by atoms with Crippen molar-refractivity contribution in [3.63, 3.8) is 0 Å². The molecule has 2 aromatic carbocycles. The first-order chi connectivity index (χ1) is 12.7. The number of hydrogen-bond donors (Lipinski definition) is 0. The Morgan fingerprint density at radius 2 is 1.57 bits per heavy atom. The molecule has 4 rings (SSSR count). The van der Waals surface area contributed by atoms with Crippen LogP contribution in [0.3, 0.4) is 0 Å². The van der Waals surface area contributed by atoms with Gasteiger partial charge in [0.1, 0.15) is 5.15 Å². The van der Waals surface area contributed by atoms with Crippen molar-refractivity contribution in [1.29, 1.82) is 0 Å². The topological polar surface area (TPSA) is 44.2 Å². The smallest absolute Gasteiger partial charge is 0.161 e. The summed E-state index contributed by atoms with van der Waals surface area (Å²) in [6.45, 7) is 0. The molecule has 2 aromatic heterocycles. The summed E-state index contributed by atoms with van der Waals surface area (Å²) in [5.41, 5.74) is 2.92. The molecule has 146 valence electrons. The molecular weight excluding hydrogens is 419 g/mol. The van der Waals surface area contributed by atoms with Crippen LogP contribution in [0.25, 0.3) is 21.7 Å². The van der Waals surface area contributed by atoms with E-state index in [1.807, 2.05) is 48.8 Å². The van der Waals surface area contributed by atoms with Gasteiger partial charge in [-0.25, -0.2) is 4.98 Å². The molecule has 0 amide bonds. The van der Waals surface area contributed by atoms with Gasteiger partial charge in [0.15, 0.2) is 11.5 Å². The molecule has 0 atom stereocenters. The first-order valence-electron chi connectivity index (χ1n) is 8.22. The summed E-state index contributed by atoms with van der Waals surface area (Å²) in [4.78, 5) is 8.89. The van der Waals surface area contributed by atoms with Gasteiger partial charge in [-0.2, -0.15) is 0 Å². The SMILES string of the molecule is COc1cc2cncc(Cc3cc4ccccc4nc3Cl)c2cc1OC.Cl.Cl. The van der Waals surface area contributed by atoms with Crippen molar-refractivity contribution >= 4 is 58.1 Å². The van der Waals surface area contributed by atoms with Crippen LogP contribution in [0.5, 0.6) is 11.5 Å². The molecular formula is C21H19Cl3N2O2. The Kier molecular flexibility index (Phi) is 7.30. The fraction of sp³-hybridized carbons (Fsp3) is 0.143. The number of ether oxygens (including phenoxy) is 2. The molecule has 0 N–H and O–H groups in total. The molecule has 0 fully saturated rings. The molecule has 0 radical (unpaired) electrons. The van der Waals surface area contributed by atoms with E-state index < -0.39 is 0 Å². The second-order valence-electron chi connectivity index (χ2n) is 6.03. The fourth-order valence-corrected chi connectivity index (χ4v) is 3.38. The van der Waals surface area contributed by atoms with Crippen molar-refractivity contribution in [2.24, 2.45) is 0 Å². The highest BCUT2D eigenvalue weighted by Gasteiger charge is 2.12. The van der Waals surface area contributed by atoms with Crippen LogP contribution < -0.4 is 9.47 Å². The first-order valence-corrected chi connectivity index (χ1v) is 8.60. The van der Waals surface area contributed by atoms with Crippen LogP contribution in [-0.2, 0) is 6.42 Å². The highest BCUT2D eigenvalue weighted by molar-refractivity contribution is 6.30. The third-order valence-electron chi connectivity index (χ3n) is 4.48. The molecule has 4 nitrogen and oxygen atoms in total. The quantitative estimate of drug-likeness (QED) is 0.373. The van der Waals surface area contributed by atoms with Crippen LogP contribution in [-0.4, -0.2) is 24.2 Å². The van der Waals surface area contributed by atoms with Crippen molar-refractivity contribution in [3.05, 3.63) is 71.1 Å². The molecule has 2 heterocycles. The number of methoxy groups -OCH3 is 2. The van der Waals surface area contributed by atoms with E-state index in [4.69, 9.17) is 21.1 Å². The van der Waals surface area contributed by atoms with Gasteiger partial charge in [-0.05, 0) is 40.8 Å².